The summed E-state index contributed by atoms with van der Waals surface area (Å²) >= 11 is 8.08. The Labute approximate surface area is 149 Å². The molecule has 3 nitrogen and oxygen atoms in total. The van der Waals surface area contributed by atoms with Crippen LogP contribution >= 0.6 is 34.2 Å². The Bertz CT molecular complexity index is 673. The molecule has 0 spiro atoms. The highest BCUT2D eigenvalue weighted by Crippen LogP contribution is 2.20. The molecule has 116 valence electrons. The molecule has 5 heteroatoms. The van der Waals surface area contributed by atoms with Gasteiger partial charge in [-0.1, -0.05) is 23.7 Å². The summed E-state index contributed by atoms with van der Waals surface area (Å²) in [4.78, 5) is 12.4. The molecule has 2 aromatic rings. The maximum absolute atomic E-state index is 12.4. The molecule has 1 N–H and O–H groups in total. The summed E-state index contributed by atoms with van der Waals surface area (Å²) in [6.07, 6.45) is 0.172. The molecule has 0 saturated heterocycles. The second kappa shape index (κ2) is 7.94. The summed E-state index contributed by atoms with van der Waals surface area (Å²) in [7, 11) is 0. The van der Waals surface area contributed by atoms with Gasteiger partial charge in [0.1, 0.15) is 0 Å². The van der Waals surface area contributed by atoms with Crippen molar-refractivity contribution < 1.29 is 9.53 Å². The first-order valence-corrected chi connectivity index (χ1v) is 8.38. The number of anilines is 1. The minimum absolute atomic E-state index is 0.172. The maximum atomic E-state index is 12.4. The fourth-order valence-corrected chi connectivity index (χ4v) is 2.62. The molecule has 1 amide bonds. The molecule has 0 atom stereocenters. The number of hydrogen-bond donors (Lipinski definition) is 1. The van der Waals surface area contributed by atoms with E-state index in [1.54, 1.807) is 12.1 Å². The third kappa shape index (κ3) is 4.97. The zero-order chi connectivity index (χ0) is 16.1. The molecule has 0 aromatic heterocycles. The lowest BCUT2D eigenvalue weighted by molar-refractivity contribution is 0.0657. The van der Waals surface area contributed by atoms with Crippen LogP contribution in [0.25, 0.3) is 0 Å². The SMILES string of the molecule is CC(C)OCc1cccc(NC(=O)c2cc(Cl)ccc2I)c1. The lowest BCUT2D eigenvalue weighted by Gasteiger charge is -2.10. The van der Waals surface area contributed by atoms with Crippen LogP contribution in [0.5, 0.6) is 0 Å². The van der Waals surface area contributed by atoms with E-state index in [1.807, 2.05) is 44.2 Å². The topological polar surface area (TPSA) is 38.3 Å². The Kier molecular flexibility index (Phi) is 6.23. The van der Waals surface area contributed by atoms with Gasteiger partial charge in [-0.3, -0.25) is 4.79 Å². The summed E-state index contributed by atoms with van der Waals surface area (Å²) in [5.74, 6) is -0.172. The van der Waals surface area contributed by atoms with Gasteiger partial charge in [-0.2, -0.15) is 0 Å². The van der Waals surface area contributed by atoms with Crippen molar-refractivity contribution in [3.63, 3.8) is 0 Å². The Morgan fingerprint density at radius 1 is 1.27 bits per heavy atom. The fourth-order valence-electron chi connectivity index (χ4n) is 1.87. The van der Waals surface area contributed by atoms with Gasteiger partial charge in [0.2, 0.25) is 0 Å². The predicted octanol–water partition coefficient (Wildman–Crippen LogP) is 5.12. The van der Waals surface area contributed by atoms with Crippen LogP contribution in [0.2, 0.25) is 5.02 Å². The second-order valence-corrected chi connectivity index (χ2v) is 6.74. The van der Waals surface area contributed by atoms with Crippen LogP contribution in [0.15, 0.2) is 42.5 Å². The van der Waals surface area contributed by atoms with E-state index in [4.69, 9.17) is 16.3 Å². The van der Waals surface area contributed by atoms with Gasteiger partial charge in [0.25, 0.3) is 5.91 Å². The molecular weight excluding hydrogens is 413 g/mol. The van der Waals surface area contributed by atoms with Crippen molar-refractivity contribution in [2.45, 2.75) is 26.6 Å². The molecular formula is C17H17ClINO2. The number of benzene rings is 2. The Morgan fingerprint density at radius 2 is 2.05 bits per heavy atom. The van der Waals surface area contributed by atoms with Crippen molar-refractivity contribution in [3.8, 4) is 0 Å². The van der Waals surface area contributed by atoms with Crippen molar-refractivity contribution in [1.29, 1.82) is 0 Å². The predicted molar refractivity (Wildman–Crippen MR) is 98.5 cm³/mol. The van der Waals surface area contributed by atoms with Gasteiger partial charge in [0, 0.05) is 14.3 Å². The van der Waals surface area contributed by atoms with Crippen LogP contribution in [0, 0.1) is 3.57 Å². The molecule has 0 aliphatic heterocycles. The van der Waals surface area contributed by atoms with Gasteiger partial charge < -0.3 is 10.1 Å². The number of nitrogens with one attached hydrogen (secondary N) is 1. The minimum Gasteiger partial charge on any atom is -0.374 e. The number of rotatable bonds is 5. The van der Waals surface area contributed by atoms with E-state index in [-0.39, 0.29) is 12.0 Å². The van der Waals surface area contributed by atoms with E-state index < -0.39 is 0 Å². The highest BCUT2D eigenvalue weighted by atomic mass is 127. The molecule has 0 saturated carbocycles. The molecule has 2 aromatic carbocycles. The standard InChI is InChI=1S/C17H17ClINO2/c1-11(2)22-10-12-4-3-5-14(8-12)20-17(21)15-9-13(18)6-7-16(15)19/h3-9,11H,10H2,1-2H3,(H,20,21). The molecule has 0 aliphatic carbocycles. The van der Waals surface area contributed by atoms with Crippen molar-refractivity contribution in [3.05, 3.63) is 62.2 Å². The molecule has 0 bridgehead atoms. The van der Waals surface area contributed by atoms with E-state index in [2.05, 4.69) is 27.9 Å². The van der Waals surface area contributed by atoms with Crippen LogP contribution in [-0.2, 0) is 11.3 Å². The normalized spacial score (nSPS) is 10.8. The first-order chi connectivity index (χ1) is 10.5. The largest absolute Gasteiger partial charge is 0.374 e. The lowest BCUT2D eigenvalue weighted by Crippen LogP contribution is -2.13. The number of carbonyl (C=O) groups is 1. The summed E-state index contributed by atoms with van der Waals surface area (Å²) in [6.45, 7) is 4.51. The Hall–Kier alpha value is -1.11. The van der Waals surface area contributed by atoms with E-state index in [9.17, 15) is 4.79 Å². The number of ether oxygens (including phenoxy) is 1. The van der Waals surface area contributed by atoms with Gasteiger partial charge in [0.05, 0.1) is 18.3 Å². The first-order valence-electron chi connectivity index (χ1n) is 6.92. The van der Waals surface area contributed by atoms with E-state index in [0.29, 0.717) is 17.2 Å². The van der Waals surface area contributed by atoms with Gasteiger partial charge in [-0.25, -0.2) is 0 Å². The van der Waals surface area contributed by atoms with E-state index in [0.717, 1.165) is 14.8 Å². The average molecular weight is 430 g/mol. The summed E-state index contributed by atoms with van der Waals surface area (Å²) < 4.78 is 6.44. The van der Waals surface area contributed by atoms with Crippen molar-refractivity contribution in [1.82, 2.24) is 0 Å². The highest BCUT2D eigenvalue weighted by Gasteiger charge is 2.11. The molecule has 0 aliphatic rings. The number of halogens is 2. The third-order valence-electron chi connectivity index (χ3n) is 2.94. The van der Waals surface area contributed by atoms with Crippen molar-refractivity contribution in [2.24, 2.45) is 0 Å². The molecule has 0 unspecified atom stereocenters. The van der Waals surface area contributed by atoms with Gasteiger partial charge >= 0.3 is 0 Å². The number of carbonyl (C=O) groups excluding carboxylic acids is 1. The molecule has 0 heterocycles. The van der Waals surface area contributed by atoms with Crippen LogP contribution < -0.4 is 5.32 Å². The van der Waals surface area contributed by atoms with Gasteiger partial charge in [-0.15, -0.1) is 0 Å². The summed E-state index contributed by atoms with van der Waals surface area (Å²) in [6, 6.07) is 12.9. The fraction of sp³-hybridized carbons (Fsp3) is 0.235. The van der Waals surface area contributed by atoms with Crippen LogP contribution in [-0.4, -0.2) is 12.0 Å². The van der Waals surface area contributed by atoms with E-state index >= 15 is 0 Å². The Balaban J connectivity index is 2.11. The molecule has 22 heavy (non-hydrogen) atoms. The maximum Gasteiger partial charge on any atom is 0.256 e. The van der Waals surface area contributed by atoms with Crippen LogP contribution in [0.1, 0.15) is 29.8 Å². The second-order valence-electron chi connectivity index (χ2n) is 5.14. The smallest absolute Gasteiger partial charge is 0.256 e. The lowest BCUT2D eigenvalue weighted by atomic mass is 10.2. The third-order valence-corrected chi connectivity index (χ3v) is 4.12. The van der Waals surface area contributed by atoms with Gasteiger partial charge in [-0.05, 0) is 72.3 Å². The van der Waals surface area contributed by atoms with Crippen LogP contribution in [0.3, 0.4) is 0 Å². The van der Waals surface area contributed by atoms with Crippen molar-refractivity contribution >= 4 is 45.8 Å². The molecule has 2 rings (SSSR count). The Morgan fingerprint density at radius 3 is 2.77 bits per heavy atom. The molecule has 0 fully saturated rings. The number of hydrogen-bond acceptors (Lipinski definition) is 2. The molecule has 0 radical (unpaired) electrons. The quantitative estimate of drug-likeness (QED) is 0.670. The monoisotopic (exact) mass is 429 g/mol. The van der Waals surface area contributed by atoms with Gasteiger partial charge in [0.15, 0.2) is 0 Å². The average Bonchev–Trinajstić information content (AvgIpc) is 2.48. The summed E-state index contributed by atoms with van der Waals surface area (Å²) in [5, 5.41) is 3.44. The highest BCUT2D eigenvalue weighted by molar-refractivity contribution is 14.1. The number of amides is 1. The summed E-state index contributed by atoms with van der Waals surface area (Å²) in [5.41, 5.74) is 2.33. The zero-order valence-electron chi connectivity index (χ0n) is 12.4. The minimum atomic E-state index is -0.172. The van der Waals surface area contributed by atoms with E-state index in [1.165, 1.54) is 0 Å². The zero-order valence-corrected chi connectivity index (χ0v) is 15.3. The van der Waals surface area contributed by atoms with Crippen molar-refractivity contribution in [2.75, 3.05) is 5.32 Å². The first kappa shape index (κ1) is 17.2. The van der Waals surface area contributed by atoms with Crippen LogP contribution in [0.4, 0.5) is 5.69 Å².